The van der Waals surface area contributed by atoms with E-state index in [-0.39, 0.29) is 11.8 Å². The van der Waals surface area contributed by atoms with Crippen LogP contribution < -0.4 is 5.32 Å². The van der Waals surface area contributed by atoms with Crippen LogP contribution in [0, 0.1) is 13.8 Å². The van der Waals surface area contributed by atoms with Crippen LogP contribution in [0.5, 0.6) is 0 Å². The molecular weight excluding hydrogens is 374 g/mol. The summed E-state index contributed by atoms with van der Waals surface area (Å²) < 4.78 is 5.63. The van der Waals surface area contributed by atoms with Crippen molar-refractivity contribution in [3.05, 3.63) is 89.7 Å². The molecule has 0 aliphatic heterocycles. The van der Waals surface area contributed by atoms with Crippen LogP contribution in [0.4, 0.5) is 5.88 Å². The van der Waals surface area contributed by atoms with E-state index in [1.54, 1.807) is 12.4 Å². The highest BCUT2D eigenvalue weighted by Gasteiger charge is 2.24. The highest BCUT2D eigenvalue weighted by molar-refractivity contribution is 6.00. The molecule has 1 atom stereocenters. The Kier molecular flexibility index (Phi) is 5.44. The zero-order valence-corrected chi connectivity index (χ0v) is 17.2. The lowest BCUT2D eigenvalue weighted by molar-refractivity contribution is -0.117. The van der Waals surface area contributed by atoms with E-state index in [0.717, 1.165) is 33.4 Å². The van der Waals surface area contributed by atoms with Gasteiger partial charge in [-0.05, 0) is 55.7 Å². The number of amides is 1. The Labute approximate surface area is 175 Å². The molecule has 1 unspecified atom stereocenters. The van der Waals surface area contributed by atoms with Gasteiger partial charge >= 0.3 is 0 Å². The molecule has 150 valence electrons. The minimum atomic E-state index is -0.330. The lowest BCUT2D eigenvalue weighted by Crippen LogP contribution is -2.19. The van der Waals surface area contributed by atoms with Gasteiger partial charge in [-0.3, -0.25) is 15.1 Å². The molecule has 2 aromatic carbocycles. The lowest BCUT2D eigenvalue weighted by atomic mass is 9.95. The Hall–Kier alpha value is -3.73. The molecule has 30 heavy (non-hydrogen) atoms. The van der Waals surface area contributed by atoms with Crippen molar-refractivity contribution in [3.8, 4) is 22.4 Å². The Balaban J connectivity index is 1.73. The number of rotatable bonds is 5. The number of carbonyl (C=O) groups excluding carboxylic acids is 1. The highest BCUT2D eigenvalue weighted by atomic mass is 16.5. The molecule has 0 aliphatic rings. The number of pyridine rings is 1. The first-order chi connectivity index (χ1) is 14.5. The Morgan fingerprint density at radius 2 is 1.73 bits per heavy atom. The molecule has 4 rings (SSSR count). The van der Waals surface area contributed by atoms with Gasteiger partial charge < -0.3 is 4.52 Å². The third-order valence-corrected chi connectivity index (χ3v) is 5.24. The number of aryl methyl sites for hydroxylation is 2. The third-order valence-electron chi connectivity index (χ3n) is 5.24. The molecule has 1 N–H and O–H groups in total. The van der Waals surface area contributed by atoms with Crippen molar-refractivity contribution in [2.24, 2.45) is 0 Å². The second-order valence-corrected chi connectivity index (χ2v) is 7.41. The molecule has 5 nitrogen and oxygen atoms in total. The van der Waals surface area contributed by atoms with Crippen LogP contribution in [0.15, 0.2) is 77.6 Å². The van der Waals surface area contributed by atoms with Gasteiger partial charge in [0.2, 0.25) is 11.8 Å². The van der Waals surface area contributed by atoms with E-state index in [9.17, 15) is 4.79 Å². The van der Waals surface area contributed by atoms with Crippen LogP contribution in [0.3, 0.4) is 0 Å². The molecule has 0 bridgehead atoms. The third kappa shape index (κ3) is 3.87. The maximum Gasteiger partial charge on any atom is 0.239 e. The topological polar surface area (TPSA) is 68.0 Å². The summed E-state index contributed by atoms with van der Waals surface area (Å²) in [6.07, 6.45) is 3.42. The first-order valence-corrected chi connectivity index (χ1v) is 9.88. The smallest absolute Gasteiger partial charge is 0.239 e. The number of nitrogens with one attached hydrogen (secondary N) is 1. The second-order valence-electron chi connectivity index (χ2n) is 7.41. The fourth-order valence-electron chi connectivity index (χ4n) is 3.59. The molecule has 4 aromatic rings. The Morgan fingerprint density at radius 1 is 0.967 bits per heavy atom. The zero-order valence-electron chi connectivity index (χ0n) is 17.2. The monoisotopic (exact) mass is 397 g/mol. The van der Waals surface area contributed by atoms with Gasteiger partial charge in [0.1, 0.15) is 5.69 Å². The van der Waals surface area contributed by atoms with Gasteiger partial charge in [-0.1, -0.05) is 53.2 Å². The zero-order chi connectivity index (χ0) is 21.1. The van der Waals surface area contributed by atoms with E-state index in [0.29, 0.717) is 11.6 Å². The van der Waals surface area contributed by atoms with E-state index in [4.69, 9.17) is 4.52 Å². The summed E-state index contributed by atoms with van der Waals surface area (Å²) in [7, 11) is 0. The van der Waals surface area contributed by atoms with Crippen molar-refractivity contribution in [3.63, 3.8) is 0 Å². The molecule has 0 radical (unpaired) electrons. The van der Waals surface area contributed by atoms with Gasteiger partial charge in [-0.15, -0.1) is 0 Å². The van der Waals surface area contributed by atoms with E-state index in [1.807, 2.05) is 81.4 Å². The second kappa shape index (κ2) is 8.33. The molecule has 0 aliphatic carbocycles. The maximum atomic E-state index is 13.0. The van der Waals surface area contributed by atoms with E-state index >= 15 is 0 Å². The van der Waals surface area contributed by atoms with Crippen LogP contribution in [-0.4, -0.2) is 16.0 Å². The molecular formula is C25H23N3O2. The van der Waals surface area contributed by atoms with Crippen molar-refractivity contribution in [1.29, 1.82) is 0 Å². The fourth-order valence-corrected chi connectivity index (χ4v) is 3.59. The van der Waals surface area contributed by atoms with Crippen molar-refractivity contribution >= 4 is 11.8 Å². The molecule has 1 amide bonds. The summed E-state index contributed by atoms with van der Waals surface area (Å²) in [5.41, 5.74) is 6.41. The van der Waals surface area contributed by atoms with Gasteiger partial charge in [0.05, 0.1) is 11.5 Å². The predicted octanol–water partition coefficient (Wildman–Crippen LogP) is 5.76. The van der Waals surface area contributed by atoms with Crippen LogP contribution in [0.25, 0.3) is 22.4 Å². The number of aromatic nitrogens is 2. The first kappa shape index (κ1) is 19.6. The number of hydrogen-bond acceptors (Lipinski definition) is 4. The number of carbonyl (C=O) groups is 1. The number of benzene rings is 2. The largest absolute Gasteiger partial charge is 0.337 e. The van der Waals surface area contributed by atoms with Crippen LogP contribution in [0.1, 0.15) is 29.5 Å². The van der Waals surface area contributed by atoms with E-state index < -0.39 is 0 Å². The average Bonchev–Trinajstić information content (AvgIpc) is 3.17. The van der Waals surface area contributed by atoms with Crippen LogP contribution in [0.2, 0.25) is 0 Å². The maximum absolute atomic E-state index is 13.0. The predicted molar refractivity (Wildman–Crippen MR) is 118 cm³/mol. The Bertz CT molecular complexity index is 1180. The lowest BCUT2D eigenvalue weighted by Gasteiger charge is -2.14. The van der Waals surface area contributed by atoms with Crippen LogP contribution >= 0.6 is 0 Å². The normalized spacial score (nSPS) is 11.8. The van der Waals surface area contributed by atoms with Crippen LogP contribution in [-0.2, 0) is 4.79 Å². The van der Waals surface area contributed by atoms with Crippen molar-refractivity contribution in [2.75, 3.05) is 5.32 Å². The molecule has 0 fully saturated rings. The van der Waals surface area contributed by atoms with E-state index in [2.05, 4.69) is 15.5 Å². The molecule has 0 saturated carbocycles. The average molecular weight is 397 g/mol. The number of hydrogen-bond donors (Lipinski definition) is 1. The summed E-state index contributed by atoms with van der Waals surface area (Å²) in [4.78, 5) is 17.1. The molecule has 2 heterocycles. The van der Waals surface area contributed by atoms with Gasteiger partial charge in [0, 0.05) is 18.0 Å². The number of nitrogens with zero attached hydrogens (tertiary/aromatic N) is 2. The molecule has 0 saturated heterocycles. The molecule has 5 heteroatoms. The highest BCUT2D eigenvalue weighted by Crippen LogP contribution is 2.38. The minimum Gasteiger partial charge on any atom is -0.337 e. The van der Waals surface area contributed by atoms with Gasteiger partial charge in [0.15, 0.2) is 0 Å². The van der Waals surface area contributed by atoms with Crippen molar-refractivity contribution < 1.29 is 9.32 Å². The standard InChI is InChI=1S/C25H23N3O2/c1-16-7-6-9-20(15-16)23-22(19-11-13-26-14-12-19)25(30-28-23)27-24(29)18(3)21-10-5-4-8-17(21)2/h4-15,18H,1-3H3,(H,27,29). The summed E-state index contributed by atoms with van der Waals surface area (Å²) >= 11 is 0. The summed E-state index contributed by atoms with van der Waals surface area (Å²) in [6, 6.07) is 19.7. The quantitative estimate of drug-likeness (QED) is 0.465. The summed E-state index contributed by atoms with van der Waals surface area (Å²) in [6.45, 7) is 5.93. The van der Waals surface area contributed by atoms with Gasteiger partial charge in [-0.25, -0.2) is 0 Å². The van der Waals surface area contributed by atoms with Gasteiger partial charge in [-0.2, -0.15) is 0 Å². The SMILES string of the molecule is Cc1cccc(-c2noc(NC(=O)C(C)c3ccccc3C)c2-c2ccncc2)c1. The van der Waals surface area contributed by atoms with Crippen molar-refractivity contribution in [1.82, 2.24) is 10.1 Å². The minimum absolute atomic E-state index is 0.147. The fraction of sp³-hybridized carbons (Fsp3) is 0.160. The van der Waals surface area contributed by atoms with E-state index in [1.165, 1.54) is 0 Å². The molecule has 0 spiro atoms. The van der Waals surface area contributed by atoms with Crippen molar-refractivity contribution in [2.45, 2.75) is 26.7 Å². The number of anilines is 1. The summed E-state index contributed by atoms with van der Waals surface area (Å²) in [5.74, 6) is -0.140. The first-order valence-electron chi connectivity index (χ1n) is 9.88. The summed E-state index contributed by atoms with van der Waals surface area (Å²) in [5, 5.41) is 7.25. The Morgan fingerprint density at radius 3 is 2.47 bits per heavy atom. The molecule has 2 aromatic heterocycles. The van der Waals surface area contributed by atoms with Gasteiger partial charge in [0.25, 0.3) is 0 Å².